The lowest BCUT2D eigenvalue weighted by Crippen LogP contribution is -2.37. The molecule has 0 saturated heterocycles. The average molecular weight is 510 g/mol. The number of methoxy groups -OCH3 is 1. The number of halogens is 1. The van der Waals surface area contributed by atoms with Gasteiger partial charge in [0.2, 0.25) is 0 Å². The van der Waals surface area contributed by atoms with Crippen molar-refractivity contribution in [1.29, 1.82) is 0 Å². The van der Waals surface area contributed by atoms with Crippen LogP contribution in [0.3, 0.4) is 0 Å². The van der Waals surface area contributed by atoms with E-state index in [1.54, 1.807) is 25.5 Å². The number of ether oxygens (including phenoxy) is 1. The fourth-order valence-corrected chi connectivity index (χ4v) is 3.78. The number of benzene rings is 2. The van der Waals surface area contributed by atoms with Gasteiger partial charge in [-0.15, -0.1) is 35.3 Å². The molecule has 0 radical (unpaired) electrons. The minimum absolute atomic E-state index is 0. The van der Waals surface area contributed by atoms with Crippen LogP contribution in [0.4, 0.5) is 0 Å². The van der Waals surface area contributed by atoms with Gasteiger partial charge >= 0.3 is 0 Å². The summed E-state index contributed by atoms with van der Waals surface area (Å²) in [5, 5.41) is 10.3. The Kier molecular flexibility index (Phi) is 8.50. The lowest BCUT2D eigenvalue weighted by molar-refractivity contribution is 0.415. The maximum absolute atomic E-state index is 5.28. The number of hydrogen-bond acceptors (Lipinski definition) is 4. The predicted molar refractivity (Wildman–Crippen MR) is 129 cm³/mol. The number of hydrogen-bond donors (Lipinski definition) is 2. The van der Waals surface area contributed by atoms with Crippen molar-refractivity contribution in [3.8, 4) is 5.75 Å². The molecule has 0 aliphatic carbocycles. The van der Waals surface area contributed by atoms with Gasteiger partial charge in [-0.25, -0.2) is 4.98 Å². The summed E-state index contributed by atoms with van der Waals surface area (Å²) in [6, 6.07) is 12.6. The molecule has 5 nitrogen and oxygen atoms in total. The van der Waals surface area contributed by atoms with Crippen molar-refractivity contribution in [2.75, 3.05) is 20.7 Å². The summed E-state index contributed by atoms with van der Waals surface area (Å²) in [4.78, 5) is 10.2. The smallest absolute Gasteiger partial charge is 0.191 e. The maximum atomic E-state index is 5.28. The quantitative estimate of drug-likeness (QED) is 0.293. The zero-order valence-corrected chi connectivity index (χ0v) is 19.9. The molecule has 7 heteroatoms. The summed E-state index contributed by atoms with van der Waals surface area (Å²) in [6.45, 7) is 5.70. The molecule has 1 aromatic heterocycles. The molecule has 0 aliphatic rings. The first-order valence-corrected chi connectivity index (χ1v) is 9.85. The number of fused-ring (bicyclic) bond motifs is 1. The summed E-state index contributed by atoms with van der Waals surface area (Å²) >= 11 is 1.77. The van der Waals surface area contributed by atoms with Gasteiger partial charge in [-0.05, 0) is 48.4 Å². The second kappa shape index (κ2) is 10.6. The molecular weight excluding hydrogens is 483 g/mol. The number of nitrogens with one attached hydrogen (secondary N) is 2. The van der Waals surface area contributed by atoms with Crippen LogP contribution < -0.4 is 15.4 Å². The number of thiazole rings is 1. The Hall–Kier alpha value is -1.87. The molecule has 2 aromatic carbocycles. The average Bonchev–Trinajstić information content (AvgIpc) is 3.01. The summed E-state index contributed by atoms with van der Waals surface area (Å²) in [7, 11) is 3.48. The van der Waals surface area contributed by atoms with E-state index in [9.17, 15) is 0 Å². The van der Waals surface area contributed by atoms with E-state index in [0.717, 1.165) is 41.9 Å². The van der Waals surface area contributed by atoms with Gasteiger partial charge in [0.05, 0.1) is 17.8 Å². The van der Waals surface area contributed by atoms with Crippen molar-refractivity contribution in [3.63, 3.8) is 0 Å². The van der Waals surface area contributed by atoms with E-state index in [1.165, 1.54) is 21.2 Å². The number of nitrogens with zero attached hydrogens (tertiary/aromatic N) is 2. The van der Waals surface area contributed by atoms with Gasteiger partial charge < -0.3 is 15.4 Å². The molecule has 150 valence electrons. The first-order chi connectivity index (χ1) is 13.1. The SMILES string of the molecule is CN=C(NCCc1nc(C)c(C)s1)NCc1ccc2cc(OC)ccc2c1.I. The summed E-state index contributed by atoms with van der Waals surface area (Å²) in [6.07, 6.45) is 0.901. The lowest BCUT2D eigenvalue weighted by atomic mass is 10.1. The number of rotatable bonds is 6. The largest absolute Gasteiger partial charge is 0.497 e. The van der Waals surface area contributed by atoms with Gasteiger partial charge in [-0.3, -0.25) is 4.99 Å². The fourth-order valence-electron chi connectivity index (χ4n) is 2.85. The topological polar surface area (TPSA) is 58.5 Å². The summed E-state index contributed by atoms with van der Waals surface area (Å²) < 4.78 is 5.28. The van der Waals surface area contributed by atoms with E-state index in [1.807, 2.05) is 6.07 Å². The van der Waals surface area contributed by atoms with Crippen molar-refractivity contribution >= 4 is 52.0 Å². The van der Waals surface area contributed by atoms with Crippen LogP contribution >= 0.6 is 35.3 Å². The number of aliphatic imine (C=N–C) groups is 1. The Balaban J connectivity index is 0.00000280. The first kappa shape index (κ1) is 22.4. The van der Waals surface area contributed by atoms with Gasteiger partial charge in [0.25, 0.3) is 0 Å². The van der Waals surface area contributed by atoms with E-state index in [0.29, 0.717) is 0 Å². The van der Waals surface area contributed by atoms with Crippen LogP contribution in [0.5, 0.6) is 5.75 Å². The molecule has 0 aliphatic heterocycles. The van der Waals surface area contributed by atoms with Crippen LogP contribution in [0.2, 0.25) is 0 Å². The molecule has 0 fully saturated rings. The van der Waals surface area contributed by atoms with Gasteiger partial charge in [0.1, 0.15) is 5.75 Å². The highest BCUT2D eigenvalue weighted by Gasteiger charge is 2.05. The third-order valence-electron chi connectivity index (χ3n) is 4.50. The van der Waals surface area contributed by atoms with Crippen LogP contribution in [0, 0.1) is 13.8 Å². The molecule has 0 unspecified atom stereocenters. The third kappa shape index (κ3) is 5.81. The van der Waals surface area contributed by atoms with E-state index in [-0.39, 0.29) is 24.0 Å². The molecule has 0 saturated carbocycles. The highest BCUT2D eigenvalue weighted by atomic mass is 127. The normalized spacial score (nSPS) is 11.2. The van der Waals surface area contributed by atoms with Crippen LogP contribution in [0.25, 0.3) is 10.8 Å². The molecule has 0 amide bonds. The highest BCUT2D eigenvalue weighted by Crippen LogP contribution is 2.21. The van der Waals surface area contributed by atoms with Crippen LogP contribution in [0.1, 0.15) is 21.1 Å². The molecule has 3 aromatic rings. The van der Waals surface area contributed by atoms with E-state index in [4.69, 9.17) is 4.74 Å². The second-order valence-corrected chi connectivity index (χ2v) is 7.69. The molecule has 1 heterocycles. The number of aryl methyl sites for hydroxylation is 2. The Morgan fingerprint density at radius 2 is 1.86 bits per heavy atom. The third-order valence-corrected chi connectivity index (χ3v) is 5.63. The Morgan fingerprint density at radius 3 is 2.54 bits per heavy atom. The van der Waals surface area contributed by atoms with E-state index >= 15 is 0 Å². The van der Waals surface area contributed by atoms with Crippen molar-refractivity contribution in [2.45, 2.75) is 26.8 Å². The van der Waals surface area contributed by atoms with Crippen LogP contribution in [-0.4, -0.2) is 31.6 Å². The van der Waals surface area contributed by atoms with Gasteiger partial charge in [-0.2, -0.15) is 0 Å². The van der Waals surface area contributed by atoms with Gasteiger partial charge in [0, 0.05) is 31.4 Å². The summed E-state index contributed by atoms with van der Waals surface area (Å²) in [5.74, 6) is 1.68. The number of guanidine groups is 1. The van der Waals surface area contributed by atoms with Gasteiger partial charge in [-0.1, -0.05) is 18.2 Å². The predicted octanol–water partition coefficient (Wildman–Crippen LogP) is 4.45. The van der Waals surface area contributed by atoms with E-state index < -0.39 is 0 Å². The Morgan fingerprint density at radius 1 is 1.11 bits per heavy atom. The molecular formula is C21H27IN4OS. The number of aromatic nitrogens is 1. The minimum atomic E-state index is 0. The van der Waals surface area contributed by atoms with E-state index in [2.05, 4.69) is 64.8 Å². The van der Waals surface area contributed by atoms with Crippen molar-refractivity contribution in [1.82, 2.24) is 15.6 Å². The monoisotopic (exact) mass is 510 g/mol. The van der Waals surface area contributed by atoms with Gasteiger partial charge in [0.15, 0.2) is 5.96 Å². The molecule has 2 N–H and O–H groups in total. The zero-order chi connectivity index (χ0) is 19.2. The van der Waals surface area contributed by atoms with Crippen molar-refractivity contribution in [2.24, 2.45) is 4.99 Å². The fraction of sp³-hybridized carbons (Fsp3) is 0.333. The molecule has 28 heavy (non-hydrogen) atoms. The Labute approximate surface area is 187 Å². The van der Waals surface area contributed by atoms with Crippen LogP contribution in [0.15, 0.2) is 41.4 Å². The lowest BCUT2D eigenvalue weighted by Gasteiger charge is -2.12. The minimum Gasteiger partial charge on any atom is -0.497 e. The molecule has 0 spiro atoms. The highest BCUT2D eigenvalue weighted by molar-refractivity contribution is 14.0. The molecule has 3 rings (SSSR count). The maximum Gasteiger partial charge on any atom is 0.191 e. The van der Waals surface area contributed by atoms with Crippen LogP contribution in [-0.2, 0) is 13.0 Å². The van der Waals surface area contributed by atoms with Crippen molar-refractivity contribution < 1.29 is 4.74 Å². The summed E-state index contributed by atoms with van der Waals surface area (Å²) in [5.41, 5.74) is 2.34. The second-order valence-electron chi connectivity index (χ2n) is 6.40. The first-order valence-electron chi connectivity index (χ1n) is 9.03. The van der Waals surface area contributed by atoms with Crippen molar-refractivity contribution in [3.05, 3.63) is 57.5 Å². The molecule has 0 atom stereocenters. The standard InChI is InChI=1S/C21H26N4OS.HI/c1-14-15(2)27-20(25-14)9-10-23-21(22-3)24-13-16-5-6-18-12-19(26-4)8-7-17(18)11-16;/h5-8,11-12H,9-10,13H2,1-4H3,(H2,22,23,24);1H. The zero-order valence-electron chi connectivity index (χ0n) is 16.7. The molecule has 0 bridgehead atoms. The Bertz CT molecular complexity index is 935.